The van der Waals surface area contributed by atoms with Crippen molar-refractivity contribution in [3.63, 3.8) is 0 Å². The van der Waals surface area contributed by atoms with Crippen molar-refractivity contribution in [3.05, 3.63) is 18.0 Å². The molecule has 1 aliphatic carbocycles. The van der Waals surface area contributed by atoms with E-state index in [-0.39, 0.29) is 5.54 Å². The van der Waals surface area contributed by atoms with Gasteiger partial charge in [0.25, 0.3) is 0 Å². The second-order valence-corrected chi connectivity index (χ2v) is 7.62. The van der Waals surface area contributed by atoms with Crippen LogP contribution >= 0.6 is 11.8 Å². The highest BCUT2D eigenvalue weighted by Crippen LogP contribution is 2.31. The largest absolute Gasteiger partial charge is 0.308 e. The third-order valence-corrected chi connectivity index (χ3v) is 4.56. The van der Waals surface area contributed by atoms with Gasteiger partial charge in [-0.2, -0.15) is 0 Å². The Morgan fingerprint density at radius 1 is 1.16 bits per heavy atom. The van der Waals surface area contributed by atoms with Gasteiger partial charge in [0.15, 0.2) is 5.16 Å². The van der Waals surface area contributed by atoms with Crippen LogP contribution in [-0.2, 0) is 6.54 Å². The number of hydrogen-bond donors (Lipinski definition) is 1. The number of rotatable bonds is 4. The molecular formula is C15H25N3S. The lowest BCUT2D eigenvalue weighted by molar-refractivity contribution is 0.423. The minimum Gasteiger partial charge on any atom is -0.308 e. The highest BCUT2D eigenvalue weighted by Gasteiger charge is 2.16. The van der Waals surface area contributed by atoms with Crippen molar-refractivity contribution in [2.45, 2.75) is 75.4 Å². The van der Waals surface area contributed by atoms with Crippen LogP contribution in [0.1, 0.15) is 58.4 Å². The third kappa shape index (κ3) is 5.49. The van der Waals surface area contributed by atoms with E-state index >= 15 is 0 Å². The summed E-state index contributed by atoms with van der Waals surface area (Å²) in [5.41, 5.74) is 1.29. The second kappa shape index (κ2) is 6.71. The Morgan fingerprint density at radius 3 is 2.37 bits per heavy atom. The lowest BCUT2D eigenvalue weighted by Crippen LogP contribution is -2.35. The molecule has 0 aromatic carbocycles. The molecule has 1 aliphatic rings. The molecular weight excluding hydrogens is 254 g/mol. The standard InChI is InChI=1S/C15H25N3S/c1-15(2,3)18-11-12-9-16-14(17-10-12)19-13-7-5-4-6-8-13/h9-10,13,18H,4-8,11H2,1-3H3. The predicted molar refractivity (Wildman–Crippen MR) is 81.4 cm³/mol. The Morgan fingerprint density at radius 2 is 1.79 bits per heavy atom. The molecule has 1 aromatic heterocycles. The van der Waals surface area contributed by atoms with Gasteiger partial charge in [-0.05, 0) is 33.6 Å². The zero-order chi connectivity index (χ0) is 13.7. The highest BCUT2D eigenvalue weighted by molar-refractivity contribution is 7.99. The van der Waals surface area contributed by atoms with E-state index in [0.717, 1.165) is 22.5 Å². The van der Waals surface area contributed by atoms with Crippen LogP contribution in [0.5, 0.6) is 0 Å². The molecule has 3 nitrogen and oxygen atoms in total. The summed E-state index contributed by atoms with van der Waals surface area (Å²) in [4.78, 5) is 8.97. The summed E-state index contributed by atoms with van der Waals surface area (Å²) in [5, 5.41) is 5.12. The van der Waals surface area contributed by atoms with Crippen LogP contribution < -0.4 is 5.32 Å². The van der Waals surface area contributed by atoms with Crippen LogP contribution in [0, 0.1) is 0 Å². The van der Waals surface area contributed by atoms with E-state index in [9.17, 15) is 0 Å². The van der Waals surface area contributed by atoms with Gasteiger partial charge < -0.3 is 5.32 Å². The van der Waals surface area contributed by atoms with Crippen molar-refractivity contribution in [3.8, 4) is 0 Å². The van der Waals surface area contributed by atoms with Crippen molar-refractivity contribution in [2.24, 2.45) is 0 Å². The van der Waals surface area contributed by atoms with Crippen LogP contribution in [0.2, 0.25) is 0 Å². The Balaban J connectivity index is 1.83. The first-order valence-corrected chi connectivity index (χ1v) is 8.13. The van der Waals surface area contributed by atoms with Crippen LogP contribution in [0.4, 0.5) is 0 Å². The maximum atomic E-state index is 4.49. The average molecular weight is 279 g/mol. The fourth-order valence-corrected chi connectivity index (χ4v) is 3.29. The summed E-state index contributed by atoms with van der Waals surface area (Å²) in [7, 11) is 0. The van der Waals surface area contributed by atoms with Crippen LogP contribution in [0.25, 0.3) is 0 Å². The molecule has 106 valence electrons. The van der Waals surface area contributed by atoms with E-state index in [1.165, 1.54) is 32.1 Å². The number of thioether (sulfide) groups is 1. The van der Waals surface area contributed by atoms with E-state index in [1.54, 1.807) is 0 Å². The monoisotopic (exact) mass is 279 g/mol. The van der Waals surface area contributed by atoms with E-state index in [1.807, 2.05) is 24.2 Å². The minimum absolute atomic E-state index is 0.134. The van der Waals surface area contributed by atoms with Crippen molar-refractivity contribution in [1.29, 1.82) is 0 Å². The van der Waals surface area contributed by atoms with Crippen LogP contribution in [-0.4, -0.2) is 20.8 Å². The van der Waals surface area contributed by atoms with E-state index in [4.69, 9.17) is 0 Å². The summed E-state index contributed by atoms with van der Waals surface area (Å²) in [6, 6.07) is 0. The van der Waals surface area contributed by atoms with Crippen molar-refractivity contribution in [2.75, 3.05) is 0 Å². The SMILES string of the molecule is CC(C)(C)NCc1cnc(SC2CCCCC2)nc1. The lowest BCUT2D eigenvalue weighted by atomic mass is 10.0. The Labute approximate surface area is 121 Å². The zero-order valence-corrected chi connectivity index (χ0v) is 13.1. The van der Waals surface area contributed by atoms with Gasteiger partial charge in [-0.25, -0.2) is 9.97 Å². The van der Waals surface area contributed by atoms with E-state index < -0.39 is 0 Å². The molecule has 0 radical (unpaired) electrons. The fraction of sp³-hybridized carbons (Fsp3) is 0.733. The molecule has 0 saturated heterocycles. The first kappa shape index (κ1) is 14.8. The van der Waals surface area contributed by atoms with Gasteiger partial charge in [-0.1, -0.05) is 31.0 Å². The van der Waals surface area contributed by atoms with Gasteiger partial charge in [0, 0.05) is 35.3 Å². The number of hydrogen-bond acceptors (Lipinski definition) is 4. The molecule has 1 saturated carbocycles. The number of nitrogens with zero attached hydrogens (tertiary/aromatic N) is 2. The average Bonchev–Trinajstić information content (AvgIpc) is 2.38. The minimum atomic E-state index is 0.134. The Kier molecular flexibility index (Phi) is 5.22. The quantitative estimate of drug-likeness (QED) is 0.851. The first-order chi connectivity index (χ1) is 9.03. The van der Waals surface area contributed by atoms with Gasteiger partial charge in [-0.3, -0.25) is 0 Å². The van der Waals surface area contributed by atoms with Crippen molar-refractivity contribution in [1.82, 2.24) is 15.3 Å². The van der Waals surface area contributed by atoms with Crippen LogP contribution in [0.15, 0.2) is 17.6 Å². The van der Waals surface area contributed by atoms with Crippen molar-refractivity contribution >= 4 is 11.8 Å². The maximum absolute atomic E-state index is 4.49. The van der Waals surface area contributed by atoms with E-state index in [0.29, 0.717) is 0 Å². The molecule has 0 amide bonds. The normalized spacial score (nSPS) is 17.6. The smallest absolute Gasteiger partial charge is 0.187 e. The topological polar surface area (TPSA) is 37.8 Å². The summed E-state index contributed by atoms with van der Waals surface area (Å²) in [6.07, 6.45) is 10.7. The highest BCUT2D eigenvalue weighted by atomic mass is 32.2. The predicted octanol–water partition coefficient (Wildman–Crippen LogP) is 3.79. The molecule has 1 fully saturated rings. The summed E-state index contributed by atoms with van der Waals surface area (Å²) in [6.45, 7) is 7.33. The molecule has 0 bridgehead atoms. The summed E-state index contributed by atoms with van der Waals surface area (Å²) < 4.78 is 0. The molecule has 4 heteroatoms. The van der Waals surface area contributed by atoms with Gasteiger partial charge in [0.2, 0.25) is 0 Å². The first-order valence-electron chi connectivity index (χ1n) is 7.25. The summed E-state index contributed by atoms with van der Waals surface area (Å²) >= 11 is 1.85. The molecule has 19 heavy (non-hydrogen) atoms. The summed E-state index contributed by atoms with van der Waals surface area (Å²) in [5.74, 6) is 0. The molecule has 0 aliphatic heterocycles. The number of aromatic nitrogens is 2. The Hall–Kier alpha value is -0.610. The van der Waals surface area contributed by atoms with Crippen LogP contribution in [0.3, 0.4) is 0 Å². The molecule has 0 spiro atoms. The lowest BCUT2D eigenvalue weighted by Gasteiger charge is -2.21. The zero-order valence-electron chi connectivity index (χ0n) is 12.3. The van der Waals surface area contributed by atoms with Crippen molar-refractivity contribution < 1.29 is 0 Å². The molecule has 0 unspecified atom stereocenters. The van der Waals surface area contributed by atoms with E-state index in [2.05, 4.69) is 36.1 Å². The molecule has 2 rings (SSSR count). The second-order valence-electron chi connectivity index (χ2n) is 6.36. The van der Waals surface area contributed by atoms with Gasteiger partial charge in [-0.15, -0.1) is 0 Å². The molecule has 0 atom stereocenters. The fourth-order valence-electron chi connectivity index (χ4n) is 2.19. The Bertz CT molecular complexity index is 377. The maximum Gasteiger partial charge on any atom is 0.187 e. The third-order valence-electron chi connectivity index (χ3n) is 3.33. The molecule has 1 aromatic rings. The van der Waals surface area contributed by atoms with Gasteiger partial charge in [0.05, 0.1) is 0 Å². The molecule has 1 N–H and O–H groups in total. The van der Waals surface area contributed by atoms with Gasteiger partial charge >= 0.3 is 0 Å². The van der Waals surface area contributed by atoms with Gasteiger partial charge in [0.1, 0.15) is 0 Å². The number of nitrogens with one attached hydrogen (secondary N) is 1. The molecule has 1 heterocycles.